The third-order valence-corrected chi connectivity index (χ3v) is 5.18. The predicted molar refractivity (Wildman–Crippen MR) is 132 cm³/mol. The Morgan fingerprint density at radius 2 is 2.03 bits per heavy atom. The van der Waals surface area contributed by atoms with Crippen LogP contribution in [0.15, 0.2) is 52.1 Å². The van der Waals surface area contributed by atoms with Crippen LogP contribution >= 0.6 is 35.3 Å². The number of aryl methyl sites for hydroxylation is 2. The number of amides is 1. The van der Waals surface area contributed by atoms with E-state index in [1.165, 1.54) is 11.1 Å². The first-order valence-corrected chi connectivity index (χ1v) is 10.3. The fraction of sp³-hybridized carbons (Fsp3) is 0.286. The molecule has 0 saturated heterocycles. The van der Waals surface area contributed by atoms with E-state index < -0.39 is 0 Å². The molecule has 0 unspecified atom stereocenters. The van der Waals surface area contributed by atoms with Crippen molar-refractivity contribution in [1.82, 2.24) is 15.6 Å². The number of aromatic nitrogens is 1. The highest BCUT2D eigenvalue weighted by molar-refractivity contribution is 14.0. The van der Waals surface area contributed by atoms with Crippen molar-refractivity contribution in [3.63, 3.8) is 0 Å². The SMILES string of the molecule is CCNC(=NCc1cccc(NC(=O)c2ccco2)c1)NCc1sc(C)nc1C.I. The lowest BCUT2D eigenvalue weighted by molar-refractivity contribution is 0.0996. The van der Waals surface area contributed by atoms with Crippen LogP contribution in [0.2, 0.25) is 0 Å². The van der Waals surface area contributed by atoms with Gasteiger partial charge in [0.05, 0.1) is 30.1 Å². The molecule has 3 aromatic rings. The van der Waals surface area contributed by atoms with E-state index in [2.05, 4.69) is 25.9 Å². The molecule has 7 nitrogen and oxygen atoms in total. The van der Waals surface area contributed by atoms with Crippen molar-refractivity contribution in [2.24, 2.45) is 4.99 Å². The van der Waals surface area contributed by atoms with Gasteiger partial charge in [-0.2, -0.15) is 0 Å². The molecule has 0 aliphatic carbocycles. The number of halogens is 1. The van der Waals surface area contributed by atoms with Gasteiger partial charge in [0.25, 0.3) is 5.91 Å². The van der Waals surface area contributed by atoms with E-state index in [0.29, 0.717) is 18.8 Å². The summed E-state index contributed by atoms with van der Waals surface area (Å²) in [6, 6.07) is 10.9. The lowest BCUT2D eigenvalue weighted by Gasteiger charge is -2.11. The molecule has 0 saturated carbocycles. The topological polar surface area (TPSA) is 91.5 Å². The first kappa shape index (κ1) is 23.9. The molecule has 3 rings (SSSR count). The maximum atomic E-state index is 12.1. The number of rotatable bonds is 7. The summed E-state index contributed by atoms with van der Waals surface area (Å²) in [6.07, 6.45) is 1.48. The van der Waals surface area contributed by atoms with E-state index in [1.54, 1.807) is 23.5 Å². The highest BCUT2D eigenvalue weighted by atomic mass is 127. The minimum absolute atomic E-state index is 0. The Labute approximate surface area is 197 Å². The Hall–Kier alpha value is -2.40. The predicted octanol–water partition coefficient (Wildman–Crippen LogP) is 4.48. The molecule has 0 spiro atoms. The summed E-state index contributed by atoms with van der Waals surface area (Å²) in [5, 5.41) is 10.5. The largest absolute Gasteiger partial charge is 0.459 e. The van der Waals surface area contributed by atoms with Crippen molar-refractivity contribution in [3.05, 3.63) is 69.6 Å². The van der Waals surface area contributed by atoms with Crippen molar-refractivity contribution < 1.29 is 9.21 Å². The number of aliphatic imine (C=N–C) groups is 1. The molecule has 1 aromatic carbocycles. The van der Waals surface area contributed by atoms with Crippen LogP contribution in [0.1, 0.15) is 38.6 Å². The van der Waals surface area contributed by atoms with Crippen LogP contribution in [0.25, 0.3) is 0 Å². The van der Waals surface area contributed by atoms with Gasteiger partial charge < -0.3 is 20.4 Å². The average Bonchev–Trinajstić information content (AvgIpc) is 3.34. The molecule has 1 amide bonds. The zero-order valence-electron chi connectivity index (χ0n) is 17.2. The lowest BCUT2D eigenvalue weighted by Crippen LogP contribution is -2.36. The Morgan fingerprint density at radius 3 is 2.70 bits per heavy atom. The van der Waals surface area contributed by atoms with Gasteiger partial charge in [0.15, 0.2) is 11.7 Å². The highest BCUT2D eigenvalue weighted by Crippen LogP contribution is 2.17. The van der Waals surface area contributed by atoms with Gasteiger partial charge in [-0.15, -0.1) is 35.3 Å². The second kappa shape index (κ2) is 11.7. The molecular weight excluding hydrogens is 513 g/mol. The summed E-state index contributed by atoms with van der Waals surface area (Å²) in [5.41, 5.74) is 2.74. The van der Waals surface area contributed by atoms with Crippen molar-refractivity contribution >= 4 is 52.9 Å². The first-order chi connectivity index (χ1) is 14.0. The Kier molecular flexibility index (Phi) is 9.31. The van der Waals surface area contributed by atoms with Gasteiger partial charge in [-0.3, -0.25) is 4.79 Å². The first-order valence-electron chi connectivity index (χ1n) is 9.44. The summed E-state index contributed by atoms with van der Waals surface area (Å²) in [5.74, 6) is 0.740. The summed E-state index contributed by atoms with van der Waals surface area (Å²) >= 11 is 1.69. The summed E-state index contributed by atoms with van der Waals surface area (Å²) in [4.78, 5) is 22.4. The summed E-state index contributed by atoms with van der Waals surface area (Å²) in [6.45, 7) is 8.00. The van der Waals surface area contributed by atoms with Crippen LogP contribution in [-0.4, -0.2) is 23.4 Å². The van der Waals surface area contributed by atoms with Gasteiger partial charge in [-0.25, -0.2) is 9.98 Å². The van der Waals surface area contributed by atoms with Gasteiger partial charge in [0, 0.05) is 17.1 Å². The molecule has 0 aliphatic rings. The highest BCUT2D eigenvalue weighted by Gasteiger charge is 2.09. The van der Waals surface area contributed by atoms with E-state index in [9.17, 15) is 4.79 Å². The van der Waals surface area contributed by atoms with E-state index in [4.69, 9.17) is 4.42 Å². The van der Waals surface area contributed by atoms with Gasteiger partial charge in [0.2, 0.25) is 0 Å². The Balaban J connectivity index is 0.00000320. The zero-order chi connectivity index (χ0) is 20.6. The van der Waals surface area contributed by atoms with Gasteiger partial charge >= 0.3 is 0 Å². The number of carbonyl (C=O) groups excluding carboxylic acids is 1. The molecule has 0 atom stereocenters. The molecule has 0 fully saturated rings. The molecule has 0 bridgehead atoms. The second-order valence-corrected chi connectivity index (χ2v) is 7.71. The second-order valence-electron chi connectivity index (χ2n) is 6.42. The van der Waals surface area contributed by atoms with Crippen LogP contribution in [0.4, 0.5) is 5.69 Å². The fourth-order valence-corrected chi connectivity index (χ4v) is 3.64. The maximum absolute atomic E-state index is 12.1. The number of benzene rings is 1. The van der Waals surface area contributed by atoms with Crippen molar-refractivity contribution in [1.29, 1.82) is 0 Å². The molecule has 3 N–H and O–H groups in total. The minimum Gasteiger partial charge on any atom is -0.459 e. The van der Waals surface area contributed by atoms with Crippen molar-refractivity contribution in [2.45, 2.75) is 33.9 Å². The monoisotopic (exact) mass is 539 g/mol. The number of nitrogens with one attached hydrogen (secondary N) is 3. The molecule has 2 heterocycles. The normalized spacial score (nSPS) is 11.0. The smallest absolute Gasteiger partial charge is 0.291 e. The number of thiazole rings is 1. The van der Waals surface area contributed by atoms with Crippen LogP contribution in [-0.2, 0) is 13.1 Å². The van der Waals surface area contributed by atoms with Crippen molar-refractivity contribution in [3.8, 4) is 0 Å². The minimum atomic E-state index is -0.277. The molecular formula is C21H26IN5O2S. The van der Waals surface area contributed by atoms with Crippen LogP contribution in [0, 0.1) is 13.8 Å². The molecule has 2 aromatic heterocycles. The molecule has 0 radical (unpaired) electrons. The number of furan rings is 1. The number of hydrogen-bond donors (Lipinski definition) is 3. The summed E-state index contributed by atoms with van der Waals surface area (Å²) in [7, 11) is 0. The van der Waals surface area contributed by atoms with E-state index >= 15 is 0 Å². The fourth-order valence-electron chi connectivity index (χ4n) is 2.76. The molecule has 9 heteroatoms. The third kappa shape index (κ3) is 6.84. The lowest BCUT2D eigenvalue weighted by atomic mass is 10.2. The van der Waals surface area contributed by atoms with Crippen LogP contribution in [0.3, 0.4) is 0 Å². The Bertz CT molecular complexity index is 985. The van der Waals surface area contributed by atoms with Gasteiger partial charge in [-0.05, 0) is 50.6 Å². The van der Waals surface area contributed by atoms with Crippen LogP contribution < -0.4 is 16.0 Å². The van der Waals surface area contributed by atoms with E-state index in [0.717, 1.165) is 28.8 Å². The van der Waals surface area contributed by atoms with Crippen molar-refractivity contribution in [2.75, 3.05) is 11.9 Å². The number of guanidine groups is 1. The number of hydrogen-bond acceptors (Lipinski definition) is 5. The van der Waals surface area contributed by atoms with Gasteiger partial charge in [-0.1, -0.05) is 12.1 Å². The van der Waals surface area contributed by atoms with E-state index in [-0.39, 0.29) is 35.6 Å². The van der Waals surface area contributed by atoms with E-state index in [1.807, 2.05) is 45.0 Å². The standard InChI is InChI=1S/C21H25N5O2S.HI/c1-4-22-21(24-13-19-14(2)25-15(3)29-19)23-12-16-7-5-8-17(11-16)26-20(27)18-9-6-10-28-18;/h5-11H,4,12-13H2,1-3H3,(H,26,27)(H2,22,23,24);1H. The summed E-state index contributed by atoms with van der Waals surface area (Å²) < 4.78 is 5.12. The number of anilines is 1. The number of nitrogens with zero attached hydrogens (tertiary/aromatic N) is 2. The molecule has 0 aliphatic heterocycles. The Morgan fingerprint density at radius 1 is 1.20 bits per heavy atom. The van der Waals surface area contributed by atoms with Gasteiger partial charge in [0.1, 0.15) is 0 Å². The molecule has 160 valence electrons. The molecule has 30 heavy (non-hydrogen) atoms. The third-order valence-electron chi connectivity index (χ3n) is 4.11. The number of carbonyl (C=O) groups is 1. The van der Waals surface area contributed by atoms with Crippen LogP contribution in [0.5, 0.6) is 0 Å². The zero-order valence-corrected chi connectivity index (χ0v) is 20.3. The quantitative estimate of drug-likeness (QED) is 0.234. The average molecular weight is 539 g/mol. The maximum Gasteiger partial charge on any atom is 0.291 e.